The van der Waals surface area contributed by atoms with Gasteiger partial charge in [0.2, 0.25) is 0 Å². The molecule has 0 bridgehead atoms. The summed E-state index contributed by atoms with van der Waals surface area (Å²) in [7, 11) is 1.71. The van der Waals surface area contributed by atoms with Gasteiger partial charge in [0.15, 0.2) is 5.90 Å². The third kappa shape index (κ3) is 2.52. The summed E-state index contributed by atoms with van der Waals surface area (Å²) >= 11 is 0. The lowest BCUT2D eigenvalue weighted by Gasteiger charge is -2.10. The number of methoxy groups -OCH3 is 1. The van der Waals surface area contributed by atoms with Crippen LogP contribution in [0.1, 0.15) is 26.7 Å². The maximum atomic E-state index is 5.14. The first-order valence-electron chi connectivity index (χ1n) is 4.29. The van der Waals surface area contributed by atoms with E-state index in [2.05, 4.69) is 18.8 Å². The molecule has 2 heteroatoms. The largest absolute Gasteiger partial charge is 0.484 e. The third-order valence-corrected chi connectivity index (χ3v) is 2.14. The third-order valence-electron chi connectivity index (χ3n) is 2.14. The van der Waals surface area contributed by atoms with Gasteiger partial charge in [-0.2, -0.15) is 0 Å². The van der Waals surface area contributed by atoms with Gasteiger partial charge in [0, 0.05) is 13.0 Å². The molecule has 0 aromatic heterocycles. The van der Waals surface area contributed by atoms with Crippen molar-refractivity contribution in [1.82, 2.24) is 0 Å². The summed E-state index contributed by atoms with van der Waals surface area (Å²) in [6.45, 7) is 5.45. The number of rotatable bonds is 0. The quantitative estimate of drug-likeness (QED) is 0.525. The van der Waals surface area contributed by atoms with Crippen LogP contribution in [0.4, 0.5) is 0 Å². The van der Waals surface area contributed by atoms with Crippen LogP contribution in [0.25, 0.3) is 0 Å². The monoisotopic (exact) mass is 155 g/mol. The molecule has 0 aromatic carbocycles. The molecule has 1 heterocycles. The first-order valence-corrected chi connectivity index (χ1v) is 4.29. The zero-order valence-electron chi connectivity index (χ0n) is 7.63. The SMILES string of the molecule is COC1=NCC(C)CC(C)C1. The number of nitrogens with zero attached hydrogens (tertiary/aromatic N) is 1. The van der Waals surface area contributed by atoms with E-state index in [0.29, 0.717) is 0 Å². The van der Waals surface area contributed by atoms with E-state index in [0.717, 1.165) is 30.7 Å². The van der Waals surface area contributed by atoms with Crippen molar-refractivity contribution in [2.75, 3.05) is 13.7 Å². The van der Waals surface area contributed by atoms with Gasteiger partial charge in [-0.15, -0.1) is 0 Å². The van der Waals surface area contributed by atoms with Crippen molar-refractivity contribution in [3.05, 3.63) is 0 Å². The molecule has 2 unspecified atom stereocenters. The molecule has 2 atom stereocenters. The zero-order chi connectivity index (χ0) is 8.27. The predicted octanol–water partition coefficient (Wildman–Crippen LogP) is 2.10. The topological polar surface area (TPSA) is 21.6 Å². The molecule has 2 nitrogen and oxygen atoms in total. The van der Waals surface area contributed by atoms with Gasteiger partial charge in [0.1, 0.15) is 0 Å². The smallest absolute Gasteiger partial charge is 0.183 e. The van der Waals surface area contributed by atoms with Crippen molar-refractivity contribution in [3.8, 4) is 0 Å². The van der Waals surface area contributed by atoms with Crippen LogP contribution in [-0.4, -0.2) is 19.6 Å². The fraction of sp³-hybridized carbons (Fsp3) is 0.889. The average Bonchev–Trinajstić information content (AvgIpc) is 2.11. The molecule has 0 saturated heterocycles. The Morgan fingerprint density at radius 3 is 2.73 bits per heavy atom. The highest BCUT2D eigenvalue weighted by atomic mass is 16.5. The summed E-state index contributed by atoms with van der Waals surface area (Å²) in [5.74, 6) is 2.38. The molecular formula is C9H17NO. The highest BCUT2D eigenvalue weighted by Gasteiger charge is 2.15. The Balaban J connectivity index is 2.54. The van der Waals surface area contributed by atoms with Crippen molar-refractivity contribution in [3.63, 3.8) is 0 Å². The fourth-order valence-corrected chi connectivity index (χ4v) is 1.61. The first kappa shape index (κ1) is 8.57. The van der Waals surface area contributed by atoms with Crippen molar-refractivity contribution in [1.29, 1.82) is 0 Å². The molecule has 0 radical (unpaired) electrons. The molecular weight excluding hydrogens is 138 g/mol. The lowest BCUT2D eigenvalue weighted by molar-refractivity contribution is 0.374. The Kier molecular flexibility index (Phi) is 2.92. The standard InChI is InChI=1S/C9H17NO/c1-7-4-8(2)6-10-9(5-7)11-3/h7-8H,4-6H2,1-3H3. The molecule has 1 rings (SSSR count). The Bertz CT molecular complexity index is 154. The number of aliphatic imine (C=N–C) groups is 1. The van der Waals surface area contributed by atoms with Crippen LogP contribution < -0.4 is 0 Å². The molecule has 1 aliphatic heterocycles. The van der Waals surface area contributed by atoms with Gasteiger partial charge in [0.05, 0.1) is 7.11 Å². The van der Waals surface area contributed by atoms with E-state index in [9.17, 15) is 0 Å². The minimum Gasteiger partial charge on any atom is -0.484 e. The van der Waals surface area contributed by atoms with E-state index in [1.807, 2.05) is 0 Å². The van der Waals surface area contributed by atoms with Gasteiger partial charge in [-0.1, -0.05) is 13.8 Å². The normalized spacial score (nSPS) is 32.5. The van der Waals surface area contributed by atoms with Crippen molar-refractivity contribution < 1.29 is 4.74 Å². The molecule has 0 saturated carbocycles. The van der Waals surface area contributed by atoms with E-state index in [-0.39, 0.29) is 0 Å². The van der Waals surface area contributed by atoms with Gasteiger partial charge in [-0.05, 0) is 18.3 Å². The number of hydrogen-bond donors (Lipinski definition) is 0. The van der Waals surface area contributed by atoms with Gasteiger partial charge in [-0.3, -0.25) is 4.99 Å². The van der Waals surface area contributed by atoms with E-state index in [1.165, 1.54) is 6.42 Å². The lowest BCUT2D eigenvalue weighted by atomic mass is 9.96. The van der Waals surface area contributed by atoms with Gasteiger partial charge in [0.25, 0.3) is 0 Å². The molecule has 0 aliphatic carbocycles. The lowest BCUT2D eigenvalue weighted by Crippen LogP contribution is -2.05. The maximum absolute atomic E-state index is 5.14. The highest BCUT2D eigenvalue weighted by Crippen LogP contribution is 2.19. The van der Waals surface area contributed by atoms with Crippen molar-refractivity contribution >= 4 is 5.90 Å². The second-order valence-electron chi connectivity index (χ2n) is 3.59. The summed E-state index contributed by atoms with van der Waals surface area (Å²) in [5, 5.41) is 0. The molecule has 0 N–H and O–H groups in total. The van der Waals surface area contributed by atoms with E-state index < -0.39 is 0 Å². The Hall–Kier alpha value is -0.530. The van der Waals surface area contributed by atoms with E-state index in [1.54, 1.807) is 7.11 Å². The van der Waals surface area contributed by atoms with Crippen molar-refractivity contribution in [2.24, 2.45) is 16.8 Å². The van der Waals surface area contributed by atoms with Gasteiger partial charge < -0.3 is 4.74 Å². The van der Waals surface area contributed by atoms with E-state index >= 15 is 0 Å². The predicted molar refractivity (Wildman–Crippen MR) is 46.9 cm³/mol. The Morgan fingerprint density at radius 1 is 1.36 bits per heavy atom. The number of hydrogen-bond acceptors (Lipinski definition) is 2. The van der Waals surface area contributed by atoms with Crippen LogP contribution in [0.15, 0.2) is 4.99 Å². The Morgan fingerprint density at radius 2 is 2.09 bits per heavy atom. The summed E-state index contributed by atoms with van der Waals surface area (Å²) in [4.78, 5) is 4.37. The minimum atomic E-state index is 0.720. The van der Waals surface area contributed by atoms with Crippen molar-refractivity contribution in [2.45, 2.75) is 26.7 Å². The fourth-order valence-electron chi connectivity index (χ4n) is 1.61. The molecule has 0 aromatic rings. The van der Waals surface area contributed by atoms with Gasteiger partial charge >= 0.3 is 0 Å². The van der Waals surface area contributed by atoms with Crippen LogP contribution in [0.3, 0.4) is 0 Å². The minimum absolute atomic E-state index is 0.720. The molecule has 0 fully saturated rings. The molecule has 1 aliphatic rings. The summed E-state index contributed by atoms with van der Waals surface area (Å²) < 4.78 is 5.14. The zero-order valence-corrected chi connectivity index (χ0v) is 7.63. The molecule has 0 amide bonds. The van der Waals surface area contributed by atoms with Gasteiger partial charge in [-0.25, -0.2) is 0 Å². The van der Waals surface area contributed by atoms with Crippen LogP contribution in [0, 0.1) is 11.8 Å². The second-order valence-corrected chi connectivity index (χ2v) is 3.59. The maximum Gasteiger partial charge on any atom is 0.183 e. The highest BCUT2D eigenvalue weighted by molar-refractivity contribution is 5.76. The molecule has 11 heavy (non-hydrogen) atoms. The summed E-state index contributed by atoms with van der Waals surface area (Å²) in [6, 6.07) is 0. The van der Waals surface area contributed by atoms with E-state index in [4.69, 9.17) is 4.74 Å². The first-order chi connectivity index (χ1) is 5.22. The Labute approximate surface area is 68.7 Å². The summed E-state index contributed by atoms with van der Waals surface area (Å²) in [6.07, 6.45) is 2.29. The number of ether oxygens (including phenoxy) is 1. The molecule has 64 valence electrons. The average molecular weight is 155 g/mol. The second kappa shape index (κ2) is 3.74. The van der Waals surface area contributed by atoms with Crippen LogP contribution in [0.2, 0.25) is 0 Å². The van der Waals surface area contributed by atoms with Crippen LogP contribution in [-0.2, 0) is 4.74 Å². The molecule has 0 spiro atoms. The van der Waals surface area contributed by atoms with Crippen LogP contribution in [0.5, 0.6) is 0 Å². The summed E-state index contributed by atoms with van der Waals surface area (Å²) in [5.41, 5.74) is 0. The van der Waals surface area contributed by atoms with Crippen LogP contribution >= 0.6 is 0 Å².